The fraction of sp³-hybridized carbons (Fsp3) is 0.118. The fourth-order valence-corrected chi connectivity index (χ4v) is 2.83. The molecule has 0 aliphatic carbocycles. The Morgan fingerprint density at radius 1 is 1.18 bits per heavy atom. The van der Waals surface area contributed by atoms with Crippen LogP contribution in [0.3, 0.4) is 0 Å². The van der Waals surface area contributed by atoms with Gasteiger partial charge in [0.05, 0.1) is 11.3 Å². The average molecular weight is 448 g/mol. The highest BCUT2D eigenvalue weighted by atomic mass is 79.9. The highest BCUT2D eigenvalue weighted by molar-refractivity contribution is 9.10. The number of hydrogen-bond donors (Lipinski definition) is 2. The van der Waals surface area contributed by atoms with Gasteiger partial charge in [-0.05, 0) is 57.3 Å². The van der Waals surface area contributed by atoms with Gasteiger partial charge in [0.1, 0.15) is 16.8 Å². The molecule has 0 saturated heterocycles. The van der Waals surface area contributed by atoms with Gasteiger partial charge in [0.15, 0.2) is 5.76 Å². The van der Waals surface area contributed by atoms with Gasteiger partial charge < -0.3 is 25.2 Å². The molecule has 2 aromatic heterocycles. The van der Waals surface area contributed by atoms with Gasteiger partial charge in [0.2, 0.25) is 5.91 Å². The predicted molar refractivity (Wildman–Crippen MR) is 103 cm³/mol. The van der Waals surface area contributed by atoms with E-state index in [0.29, 0.717) is 17.1 Å². The Balaban J connectivity index is 1.64. The summed E-state index contributed by atoms with van der Waals surface area (Å²) in [6, 6.07) is 9.71. The number of nitrogens with zero attached hydrogens (tertiary/aromatic N) is 3. The van der Waals surface area contributed by atoms with Gasteiger partial charge in [0, 0.05) is 18.3 Å². The summed E-state index contributed by atoms with van der Waals surface area (Å²) in [4.78, 5) is 33.5. The Labute approximate surface area is 166 Å². The number of nitrogens with one attached hydrogen (secondary N) is 2. The minimum atomic E-state index is -0.598. The van der Waals surface area contributed by atoms with Crippen molar-refractivity contribution < 1.29 is 18.9 Å². The molecule has 0 aliphatic rings. The summed E-state index contributed by atoms with van der Waals surface area (Å²) < 4.78 is 7.08. The largest absolute Gasteiger partial charge is 0.454 e. The molecular formula is C17H14BrN5O5. The Hall–Kier alpha value is -3.47. The topological polar surface area (TPSA) is 132 Å². The number of carbonyl (C=O) groups is 2. The van der Waals surface area contributed by atoms with E-state index >= 15 is 0 Å². The Morgan fingerprint density at radius 2 is 1.82 bits per heavy atom. The highest BCUT2D eigenvalue weighted by Crippen LogP contribution is 2.23. The monoisotopic (exact) mass is 447 g/mol. The van der Waals surface area contributed by atoms with Gasteiger partial charge in [0.25, 0.3) is 5.91 Å². The number of rotatable bonds is 6. The van der Waals surface area contributed by atoms with Crippen LogP contribution in [0.5, 0.6) is 0 Å². The standard InChI is InChI=1S/C17H14BrN5O5/c1-10(24)19-11-2-4-12(5-3-11)20-17(25)15-7-6-13(28-15)8-22-9-14(18)16(21-22)23(26)27/h2-7,9H,8H2,1H3,(H,19,24)(H,20,25). The third-order valence-electron chi connectivity index (χ3n) is 3.54. The van der Waals surface area contributed by atoms with E-state index in [4.69, 9.17) is 4.42 Å². The van der Waals surface area contributed by atoms with Crippen LogP contribution in [0.1, 0.15) is 23.2 Å². The molecule has 1 aromatic carbocycles. The molecule has 0 radical (unpaired) electrons. The van der Waals surface area contributed by atoms with Crippen molar-refractivity contribution in [2.24, 2.45) is 0 Å². The molecule has 0 saturated carbocycles. The van der Waals surface area contributed by atoms with Crippen molar-refractivity contribution in [3.63, 3.8) is 0 Å². The third kappa shape index (κ3) is 4.62. The summed E-state index contributed by atoms with van der Waals surface area (Å²) >= 11 is 3.07. The first kappa shape index (κ1) is 19.3. The SMILES string of the molecule is CC(=O)Nc1ccc(NC(=O)c2ccc(Cn3cc(Br)c([N+](=O)[O-])n3)o2)cc1. The molecule has 0 atom stereocenters. The molecule has 2 heterocycles. The average Bonchev–Trinajstić information content (AvgIpc) is 3.23. The van der Waals surface area contributed by atoms with Gasteiger partial charge in [-0.15, -0.1) is 0 Å². The third-order valence-corrected chi connectivity index (χ3v) is 4.10. The number of furan rings is 1. The van der Waals surface area contributed by atoms with Crippen molar-refractivity contribution >= 4 is 44.9 Å². The molecule has 10 nitrogen and oxygen atoms in total. The van der Waals surface area contributed by atoms with E-state index in [1.54, 1.807) is 30.3 Å². The zero-order valence-electron chi connectivity index (χ0n) is 14.5. The lowest BCUT2D eigenvalue weighted by atomic mass is 10.2. The second-order valence-corrected chi connectivity index (χ2v) is 6.59. The summed E-state index contributed by atoms with van der Waals surface area (Å²) in [6.07, 6.45) is 1.46. The van der Waals surface area contributed by atoms with E-state index in [0.717, 1.165) is 0 Å². The van der Waals surface area contributed by atoms with Crippen molar-refractivity contribution in [1.82, 2.24) is 9.78 Å². The van der Waals surface area contributed by atoms with Gasteiger partial charge in [-0.2, -0.15) is 4.68 Å². The minimum absolute atomic E-state index is 0.0849. The molecule has 0 fully saturated rings. The van der Waals surface area contributed by atoms with Crippen LogP contribution < -0.4 is 10.6 Å². The van der Waals surface area contributed by atoms with Gasteiger partial charge in [-0.25, -0.2) is 0 Å². The van der Waals surface area contributed by atoms with E-state index < -0.39 is 10.8 Å². The molecule has 0 bridgehead atoms. The van der Waals surface area contributed by atoms with E-state index in [9.17, 15) is 19.7 Å². The second-order valence-electron chi connectivity index (χ2n) is 5.73. The Bertz CT molecular complexity index is 1040. The van der Waals surface area contributed by atoms with Crippen LogP contribution in [-0.2, 0) is 11.3 Å². The van der Waals surface area contributed by atoms with Crippen LogP contribution in [0.2, 0.25) is 0 Å². The lowest BCUT2D eigenvalue weighted by Crippen LogP contribution is -2.11. The first-order valence-electron chi connectivity index (χ1n) is 7.97. The molecule has 28 heavy (non-hydrogen) atoms. The van der Waals surface area contributed by atoms with Crippen LogP contribution in [0.4, 0.5) is 17.2 Å². The zero-order chi connectivity index (χ0) is 20.3. The number of carbonyl (C=O) groups excluding carboxylic acids is 2. The van der Waals surface area contributed by atoms with E-state index in [-0.39, 0.29) is 28.5 Å². The number of aromatic nitrogens is 2. The smallest absolute Gasteiger partial charge is 0.404 e. The van der Waals surface area contributed by atoms with Crippen molar-refractivity contribution in [2.75, 3.05) is 10.6 Å². The molecule has 2 amide bonds. The van der Waals surface area contributed by atoms with E-state index in [1.807, 2.05) is 0 Å². The van der Waals surface area contributed by atoms with Crippen LogP contribution in [0.15, 0.2) is 51.5 Å². The van der Waals surface area contributed by atoms with Crippen molar-refractivity contribution in [3.05, 3.63) is 68.7 Å². The number of anilines is 2. The van der Waals surface area contributed by atoms with Gasteiger partial charge >= 0.3 is 5.82 Å². The molecule has 0 aliphatic heterocycles. The van der Waals surface area contributed by atoms with Gasteiger partial charge in [-0.3, -0.25) is 9.59 Å². The highest BCUT2D eigenvalue weighted by Gasteiger charge is 2.20. The number of nitro groups is 1. The van der Waals surface area contributed by atoms with Crippen molar-refractivity contribution in [3.8, 4) is 0 Å². The number of halogens is 1. The summed E-state index contributed by atoms with van der Waals surface area (Å²) in [5, 5.41) is 20.0. The van der Waals surface area contributed by atoms with Crippen LogP contribution in [-0.4, -0.2) is 26.5 Å². The van der Waals surface area contributed by atoms with E-state index in [1.165, 1.54) is 23.9 Å². The van der Waals surface area contributed by atoms with Crippen LogP contribution in [0.25, 0.3) is 0 Å². The van der Waals surface area contributed by atoms with Crippen LogP contribution in [0, 0.1) is 10.1 Å². The van der Waals surface area contributed by atoms with Gasteiger partial charge in [-0.1, -0.05) is 0 Å². The quantitative estimate of drug-likeness (QED) is 0.439. The molecule has 11 heteroatoms. The number of benzene rings is 1. The molecule has 0 unspecified atom stereocenters. The summed E-state index contributed by atoms with van der Waals surface area (Å²) in [5.41, 5.74) is 1.15. The van der Waals surface area contributed by atoms with E-state index in [2.05, 4.69) is 31.7 Å². The Morgan fingerprint density at radius 3 is 2.39 bits per heavy atom. The molecule has 0 spiro atoms. The molecule has 2 N–H and O–H groups in total. The molecule has 3 aromatic rings. The lowest BCUT2D eigenvalue weighted by molar-refractivity contribution is -0.390. The van der Waals surface area contributed by atoms with Crippen molar-refractivity contribution in [2.45, 2.75) is 13.5 Å². The summed E-state index contributed by atoms with van der Waals surface area (Å²) in [5.74, 6) is -0.439. The predicted octanol–water partition coefficient (Wildman–Crippen LogP) is 3.41. The van der Waals surface area contributed by atoms with Crippen LogP contribution >= 0.6 is 15.9 Å². The number of amides is 2. The summed E-state index contributed by atoms with van der Waals surface area (Å²) in [7, 11) is 0. The molecular weight excluding hydrogens is 434 g/mol. The number of hydrogen-bond acceptors (Lipinski definition) is 6. The first-order valence-corrected chi connectivity index (χ1v) is 8.76. The maximum absolute atomic E-state index is 12.3. The Kier molecular flexibility index (Phi) is 5.54. The normalized spacial score (nSPS) is 10.5. The maximum atomic E-state index is 12.3. The second kappa shape index (κ2) is 8.05. The lowest BCUT2D eigenvalue weighted by Gasteiger charge is -2.05. The first-order chi connectivity index (χ1) is 13.3. The molecule has 144 valence electrons. The molecule has 3 rings (SSSR count). The summed E-state index contributed by atoms with van der Waals surface area (Å²) in [6.45, 7) is 1.54. The zero-order valence-corrected chi connectivity index (χ0v) is 16.1. The maximum Gasteiger partial charge on any atom is 0.404 e. The fourth-order valence-electron chi connectivity index (χ4n) is 2.37. The minimum Gasteiger partial charge on any atom is -0.454 e. The van der Waals surface area contributed by atoms with Crippen molar-refractivity contribution in [1.29, 1.82) is 0 Å².